The van der Waals surface area contributed by atoms with Gasteiger partial charge in [0.05, 0.1) is 5.60 Å². The lowest BCUT2D eigenvalue weighted by Gasteiger charge is -2.41. The van der Waals surface area contributed by atoms with Gasteiger partial charge < -0.3 is 5.11 Å². The van der Waals surface area contributed by atoms with Crippen molar-refractivity contribution in [1.29, 1.82) is 0 Å². The van der Waals surface area contributed by atoms with Crippen molar-refractivity contribution in [2.45, 2.75) is 58.5 Å². The standard InChI is InChI=1S/C17H24BrFO/c1-16(2,3)13-6-8-17(20,9-7-13)11-12-4-5-14(19)10-15(12)18/h4-5,10,13,20H,6-9,11H2,1-3H3. The lowest BCUT2D eigenvalue weighted by molar-refractivity contribution is -0.0246. The van der Waals surface area contributed by atoms with E-state index in [4.69, 9.17) is 0 Å². The van der Waals surface area contributed by atoms with Gasteiger partial charge in [0.1, 0.15) is 5.82 Å². The molecule has 0 amide bonds. The van der Waals surface area contributed by atoms with Gasteiger partial charge in [0.2, 0.25) is 0 Å². The Morgan fingerprint density at radius 1 is 1.30 bits per heavy atom. The first-order valence-electron chi connectivity index (χ1n) is 7.36. The molecular formula is C17H24BrFO. The van der Waals surface area contributed by atoms with Crippen LogP contribution in [0.2, 0.25) is 0 Å². The molecule has 1 saturated carbocycles. The summed E-state index contributed by atoms with van der Waals surface area (Å²) in [6.07, 6.45) is 4.40. The minimum Gasteiger partial charge on any atom is -0.390 e. The third kappa shape index (κ3) is 3.82. The molecule has 1 aromatic carbocycles. The molecule has 0 atom stereocenters. The van der Waals surface area contributed by atoms with Crippen molar-refractivity contribution in [3.8, 4) is 0 Å². The molecule has 0 spiro atoms. The third-order valence-electron chi connectivity index (χ3n) is 4.68. The maximum atomic E-state index is 13.1. The molecule has 0 aromatic heterocycles. The summed E-state index contributed by atoms with van der Waals surface area (Å²) in [6.45, 7) is 6.83. The summed E-state index contributed by atoms with van der Waals surface area (Å²) in [7, 11) is 0. The minimum absolute atomic E-state index is 0.246. The number of hydrogen-bond acceptors (Lipinski definition) is 1. The van der Waals surface area contributed by atoms with Crippen molar-refractivity contribution < 1.29 is 9.50 Å². The zero-order valence-electron chi connectivity index (χ0n) is 12.5. The zero-order chi connectivity index (χ0) is 15.0. The molecule has 112 valence electrons. The molecule has 0 heterocycles. The van der Waals surface area contributed by atoms with Crippen LogP contribution in [0.25, 0.3) is 0 Å². The van der Waals surface area contributed by atoms with E-state index in [9.17, 15) is 9.50 Å². The second kappa shape index (κ2) is 5.76. The van der Waals surface area contributed by atoms with Crippen LogP contribution in [0.4, 0.5) is 4.39 Å². The Kier molecular flexibility index (Phi) is 4.60. The van der Waals surface area contributed by atoms with E-state index >= 15 is 0 Å². The molecule has 1 nitrogen and oxygen atoms in total. The average Bonchev–Trinajstić information content (AvgIpc) is 2.32. The van der Waals surface area contributed by atoms with E-state index in [-0.39, 0.29) is 5.82 Å². The highest BCUT2D eigenvalue weighted by Gasteiger charge is 2.37. The lowest BCUT2D eigenvalue weighted by Crippen LogP contribution is -2.39. The van der Waals surface area contributed by atoms with Crippen molar-refractivity contribution in [2.24, 2.45) is 11.3 Å². The van der Waals surface area contributed by atoms with E-state index in [1.807, 2.05) is 0 Å². The summed E-state index contributed by atoms with van der Waals surface area (Å²) >= 11 is 3.39. The van der Waals surface area contributed by atoms with Gasteiger partial charge in [-0.3, -0.25) is 0 Å². The normalized spacial score (nSPS) is 27.6. The van der Waals surface area contributed by atoms with Crippen LogP contribution in [-0.4, -0.2) is 10.7 Å². The average molecular weight is 343 g/mol. The summed E-state index contributed by atoms with van der Waals surface area (Å²) in [5.41, 5.74) is 0.669. The van der Waals surface area contributed by atoms with Gasteiger partial charge >= 0.3 is 0 Å². The topological polar surface area (TPSA) is 20.2 Å². The van der Waals surface area contributed by atoms with Crippen LogP contribution in [-0.2, 0) is 6.42 Å². The Balaban J connectivity index is 2.03. The van der Waals surface area contributed by atoms with Gasteiger partial charge in [-0.05, 0) is 54.7 Å². The predicted molar refractivity (Wildman–Crippen MR) is 84.2 cm³/mol. The van der Waals surface area contributed by atoms with Crippen molar-refractivity contribution in [1.82, 2.24) is 0 Å². The first-order valence-corrected chi connectivity index (χ1v) is 8.15. The molecule has 20 heavy (non-hydrogen) atoms. The van der Waals surface area contributed by atoms with Crippen LogP contribution >= 0.6 is 15.9 Å². The molecular weight excluding hydrogens is 319 g/mol. The molecule has 1 aliphatic carbocycles. The van der Waals surface area contributed by atoms with Gasteiger partial charge in [-0.2, -0.15) is 0 Å². The molecule has 0 radical (unpaired) electrons. The molecule has 0 saturated heterocycles. The number of hydrogen-bond donors (Lipinski definition) is 1. The Morgan fingerprint density at radius 3 is 2.40 bits per heavy atom. The van der Waals surface area contributed by atoms with Crippen LogP contribution in [0.1, 0.15) is 52.0 Å². The highest BCUT2D eigenvalue weighted by atomic mass is 79.9. The second-order valence-corrected chi connectivity index (χ2v) is 8.13. The number of halogens is 2. The maximum Gasteiger partial charge on any atom is 0.124 e. The fourth-order valence-corrected chi connectivity index (χ4v) is 3.71. The van der Waals surface area contributed by atoms with Crippen LogP contribution in [0.3, 0.4) is 0 Å². The van der Waals surface area contributed by atoms with E-state index in [0.717, 1.165) is 35.7 Å². The van der Waals surface area contributed by atoms with E-state index in [1.165, 1.54) is 12.1 Å². The van der Waals surface area contributed by atoms with Crippen LogP contribution in [0.15, 0.2) is 22.7 Å². The quantitative estimate of drug-likeness (QED) is 0.792. The van der Waals surface area contributed by atoms with Gasteiger partial charge in [-0.15, -0.1) is 0 Å². The van der Waals surface area contributed by atoms with E-state index in [2.05, 4.69) is 36.7 Å². The molecule has 1 fully saturated rings. The monoisotopic (exact) mass is 342 g/mol. The van der Waals surface area contributed by atoms with Crippen molar-refractivity contribution in [3.05, 3.63) is 34.1 Å². The van der Waals surface area contributed by atoms with Crippen molar-refractivity contribution in [2.75, 3.05) is 0 Å². The molecule has 2 rings (SSSR count). The molecule has 0 bridgehead atoms. The number of rotatable bonds is 2. The summed E-state index contributed by atoms with van der Waals surface area (Å²) in [5.74, 6) is 0.434. The Labute approximate surface area is 129 Å². The summed E-state index contributed by atoms with van der Waals surface area (Å²) in [4.78, 5) is 0. The van der Waals surface area contributed by atoms with Crippen LogP contribution < -0.4 is 0 Å². The van der Waals surface area contributed by atoms with Gasteiger partial charge in [-0.1, -0.05) is 42.8 Å². The maximum absolute atomic E-state index is 13.1. The Morgan fingerprint density at radius 2 is 1.90 bits per heavy atom. The Hall–Kier alpha value is -0.410. The molecule has 3 heteroatoms. The molecule has 1 aliphatic rings. The number of aliphatic hydroxyl groups is 1. The fraction of sp³-hybridized carbons (Fsp3) is 0.647. The zero-order valence-corrected chi connectivity index (χ0v) is 14.1. The van der Waals surface area contributed by atoms with Crippen molar-refractivity contribution >= 4 is 15.9 Å². The largest absolute Gasteiger partial charge is 0.390 e. The summed E-state index contributed by atoms with van der Waals surface area (Å²) in [5, 5.41) is 10.8. The summed E-state index contributed by atoms with van der Waals surface area (Å²) < 4.78 is 13.9. The van der Waals surface area contributed by atoms with Crippen LogP contribution in [0, 0.1) is 17.2 Å². The molecule has 0 unspecified atom stereocenters. The predicted octanol–water partition coefficient (Wildman–Crippen LogP) is 5.10. The minimum atomic E-state index is -0.637. The number of benzene rings is 1. The van der Waals surface area contributed by atoms with Crippen molar-refractivity contribution in [3.63, 3.8) is 0 Å². The lowest BCUT2D eigenvalue weighted by atomic mass is 9.67. The fourth-order valence-electron chi connectivity index (χ4n) is 3.22. The highest BCUT2D eigenvalue weighted by molar-refractivity contribution is 9.10. The molecule has 0 aliphatic heterocycles. The molecule has 1 aromatic rings. The highest BCUT2D eigenvalue weighted by Crippen LogP contribution is 2.42. The van der Waals surface area contributed by atoms with E-state index in [1.54, 1.807) is 6.07 Å². The van der Waals surface area contributed by atoms with Crippen LogP contribution in [0.5, 0.6) is 0 Å². The van der Waals surface area contributed by atoms with E-state index in [0.29, 0.717) is 17.8 Å². The van der Waals surface area contributed by atoms with Gasteiger partial charge in [-0.25, -0.2) is 4.39 Å². The van der Waals surface area contributed by atoms with Gasteiger partial charge in [0.25, 0.3) is 0 Å². The molecule has 1 N–H and O–H groups in total. The first kappa shape index (κ1) is 16.0. The third-order valence-corrected chi connectivity index (χ3v) is 5.41. The van der Waals surface area contributed by atoms with E-state index < -0.39 is 5.60 Å². The Bertz CT molecular complexity index is 470. The van der Waals surface area contributed by atoms with Gasteiger partial charge in [0.15, 0.2) is 0 Å². The summed E-state index contributed by atoms with van der Waals surface area (Å²) in [6, 6.07) is 4.71. The smallest absolute Gasteiger partial charge is 0.124 e. The SMILES string of the molecule is CC(C)(C)C1CCC(O)(Cc2ccc(F)cc2Br)CC1. The first-order chi connectivity index (χ1) is 9.20. The van der Waals surface area contributed by atoms with Gasteiger partial charge in [0, 0.05) is 10.9 Å². The second-order valence-electron chi connectivity index (χ2n) is 7.28.